The lowest BCUT2D eigenvalue weighted by molar-refractivity contribution is -0.986. The molecule has 0 saturated carbocycles. The third-order valence-electron chi connectivity index (χ3n) is 2.79. The maximum Gasteiger partial charge on any atom is 0.717 e. The van der Waals surface area contributed by atoms with Crippen molar-refractivity contribution in [3.8, 4) is 0 Å². The summed E-state index contributed by atoms with van der Waals surface area (Å²) in [7, 11) is 0. The van der Waals surface area contributed by atoms with Gasteiger partial charge >= 0.3 is 24.4 Å². The molecule has 4 unspecified atom stereocenters. The average Bonchev–Trinajstić information content (AvgIpc) is 2.73. The molecule has 0 radical (unpaired) electrons. The minimum Gasteiger partial charge on any atom is -0.293 e. The minimum atomic E-state index is -4.21. The Kier molecular flexibility index (Phi) is 3.37. The van der Waals surface area contributed by atoms with Gasteiger partial charge in [-0.15, -0.1) is 0 Å². The van der Waals surface area contributed by atoms with Gasteiger partial charge < -0.3 is 0 Å². The van der Waals surface area contributed by atoms with E-state index in [0.29, 0.717) is 0 Å². The highest BCUT2D eigenvalue weighted by Gasteiger charge is 2.86. The van der Waals surface area contributed by atoms with Crippen molar-refractivity contribution in [2.24, 2.45) is 5.92 Å². The average molecular weight is 312 g/mol. The van der Waals surface area contributed by atoms with Crippen LogP contribution < -0.4 is 0 Å². The van der Waals surface area contributed by atoms with Crippen molar-refractivity contribution in [3.05, 3.63) is 40.5 Å². The van der Waals surface area contributed by atoms with Crippen LogP contribution in [0.2, 0.25) is 0 Å². The van der Waals surface area contributed by atoms with Crippen LogP contribution in [-0.4, -0.2) is 44.5 Å². The zero-order chi connectivity index (χ0) is 15.9. The molecule has 0 spiro atoms. The monoisotopic (exact) mass is 312 g/mol. The number of hydrogen-bond acceptors (Lipinski definition) is 12. The third kappa shape index (κ3) is 1.93. The van der Waals surface area contributed by atoms with Crippen LogP contribution in [-0.2, 0) is 19.2 Å². The Balaban J connectivity index is 2.60. The maximum absolute atomic E-state index is 10.9. The van der Waals surface area contributed by atoms with E-state index in [1.807, 2.05) is 0 Å². The van der Waals surface area contributed by atoms with Crippen molar-refractivity contribution < 1.29 is 38.9 Å². The molecule has 2 fully saturated rings. The van der Waals surface area contributed by atoms with Crippen molar-refractivity contribution in [2.75, 3.05) is 0 Å². The summed E-state index contributed by atoms with van der Waals surface area (Å²) < 4.78 is 8.99. The first-order valence-corrected chi connectivity index (χ1v) is 4.93. The minimum absolute atomic E-state index is 1.31. The van der Waals surface area contributed by atoms with Crippen LogP contribution in [0.4, 0.5) is 0 Å². The molecule has 0 N–H and O–H groups in total. The molecule has 0 aliphatic carbocycles. The van der Waals surface area contributed by atoms with Crippen LogP contribution in [0.15, 0.2) is 0 Å². The Morgan fingerprint density at radius 3 is 1.76 bits per heavy atom. The summed E-state index contributed by atoms with van der Waals surface area (Å²) in [6, 6.07) is 0. The van der Waals surface area contributed by atoms with E-state index in [0.717, 1.165) is 0 Å². The molecular formula is C5H4N4O12. The standard InChI is InChI=1S/C5H4N4O12/c10-6(11)2-1(3-19-4(18-2)21-20-3)5(7(12)13,8(14)15)9(16)17/h1-4H. The number of rotatable bonds is 5. The van der Waals surface area contributed by atoms with Gasteiger partial charge in [-0.1, -0.05) is 0 Å². The largest absolute Gasteiger partial charge is 0.717 e. The number of fused-ring (bicyclic) bond motifs is 2. The SMILES string of the molecule is O=[N+]([O-])C1OC2OOC(O2)C1C([N+](=O)[O-])([N+](=O)[O-])[N+](=O)[O-]. The lowest BCUT2D eigenvalue weighted by Crippen LogP contribution is -2.67. The third-order valence-corrected chi connectivity index (χ3v) is 2.79. The van der Waals surface area contributed by atoms with Crippen LogP contribution in [0.1, 0.15) is 0 Å². The van der Waals surface area contributed by atoms with Gasteiger partial charge in [0.15, 0.2) is 14.8 Å². The normalized spacial score (nSPS) is 31.6. The van der Waals surface area contributed by atoms with E-state index in [4.69, 9.17) is 0 Å². The van der Waals surface area contributed by atoms with Crippen molar-refractivity contribution in [3.63, 3.8) is 0 Å². The molecule has 2 bridgehead atoms. The fraction of sp³-hybridized carbons (Fsp3) is 1.00. The van der Waals surface area contributed by atoms with Crippen LogP contribution in [0, 0.1) is 46.4 Å². The lowest BCUT2D eigenvalue weighted by atomic mass is 9.98. The number of ether oxygens (including phenoxy) is 2. The van der Waals surface area contributed by atoms with Gasteiger partial charge in [0.05, 0.1) is 4.92 Å². The molecule has 16 nitrogen and oxygen atoms in total. The highest BCUT2D eigenvalue weighted by Crippen LogP contribution is 2.40. The Hall–Kier alpha value is -2.56. The molecule has 0 aromatic carbocycles. The molecule has 0 aromatic heterocycles. The summed E-state index contributed by atoms with van der Waals surface area (Å²) in [5, 5.41) is 43.7. The van der Waals surface area contributed by atoms with Gasteiger partial charge in [0.1, 0.15) is 0 Å². The van der Waals surface area contributed by atoms with Gasteiger partial charge in [-0.2, -0.15) is 9.78 Å². The van der Waals surface area contributed by atoms with Gasteiger partial charge in [0.25, 0.3) is 0 Å². The van der Waals surface area contributed by atoms with Crippen LogP contribution in [0.5, 0.6) is 0 Å². The van der Waals surface area contributed by atoms with Crippen molar-refractivity contribution >= 4 is 0 Å². The van der Waals surface area contributed by atoms with Gasteiger partial charge in [-0.3, -0.25) is 49.9 Å². The highest BCUT2D eigenvalue weighted by molar-refractivity contribution is 4.79. The van der Waals surface area contributed by atoms with E-state index in [1.54, 1.807) is 0 Å². The second kappa shape index (κ2) is 4.77. The van der Waals surface area contributed by atoms with E-state index in [9.17, 15) is 40.5 Å². The van der Waals surface area contributed by atoms with E-state index in [1.165, 1.54) is 0 Å². The summed E-state index contributed by atoms with van der Waals surface area (Å²) in [5.41, 5.74) is 0. The smallest absolute Gasteiger partial charge is 0.293 e. The molecule has 116 valence electrons. The van der Waals surface area contributed by atoms with Crippen molar-refractivity contribution in [1.29, 1.82) is 0 Å². The molecule has 2 saturated heterocycles. The molecule has 2 aliphatic heterocycles. The highest BCUT2D eigenvalue weighted by atomic mass is 17.3. The van der Waals surface area contributed by atoms with E-state index >= 15 is 0 Å². The van der Waals surface area contributed by atoms with Gasteiger partial charge in [-0.25, -0.2) is 0 Å². The van der Waals surface area contributed by atoms with Crippen molar-refractivity contribution in [1.82, 2.24) is 0 Å². The number of nitro groups is 4. The van der Waals surface area contributed by atoms with Gasteiger partial charge in [0.2, 0.25) is 6.29 Å². The topological polar surface area (TPSA) is 209 Å². The zero-order valence-corrected chi connectivity index (χ0v) is 9.50. The van der Waals surface area contributed by atoms with Crippen molar-refractivity contribution in [2.45, 2.75) is 24.8 Å². The number of nitrogens with zero attached hydrogens (tertiary/aromatic N) is 4. The summed E-state index contributed by atoms with van der Waals surface area (Å²) in [6.07, 6.45) is -4.61. The summed E-state index contributed by atoms with van der Waals surface area (Å²) in [5.74, 6) is -6.84. The summed E-state index contributed by atoms with van der Waals surface area (Å²) in [4.78, 5) is 45.2. The Bertz CT molecular complexity index is 484. The quantitative estimate of drug-likeness (QED) is 0.241. The first kappa shape index (κ1) is 14.8. The molecule has 2 heterocycles. The lowest BCUT2D eigenvalue weighted by Gasteiger charge is -2.26. The van der Waals surface area contributed by atoms with Crippen LogP contribution >= 0.6 is 0 Å². The molecule has 16 heteroatoms. The Labute approximate surface area is 111 Å². The summed E-state index contributed by atoms with van der Waals surface area (Å²) >= 11 is 0. The molecule has 0 amide bonds. The molecule has 2 rings (SSSR count). The molecule has 0 aromatic rings. The molecule has 21 heavy (non-hydrogen) atoms. The molecular weight excluding hydrogens is 308 g/mol. The van der Waals surface area contributed by atoms with Gasteiger partial charge in [-0.05, 0) is 0 Å². The Morgan fingerprint density at radius 2 is 1.33 bits per heavy atom. The maximum atomic E-state index is 10.9. The second-order valence-corrected chi connectivity index (χ2v) is 3.78. The van der Waals surface area contributed by atoms with E-state index < -0.39 is 50.4 Å². The summed E-state index contributed by atoms with van der Waals surface area (Å²) in [6.45, 7) is -1.77. The molecule has 2 aliphatic rings. The first-order chi connectivity index (χ1) is 9.72. The van der Waals surface area contributed by atoms with E-state index in [2.05, 4.69) is 19.2 Å². The zero-order valence-electron chi connectivity index (χ0n) is 9.50. The van der Waals surface area contributed by atoms with E-state index in [-0.39, 0.29) is 0 Å². The predicted molar refractivity (Wildman–Crippen MR) is 49.9 cm³/mol. The second-order valence-electron chi connectivity index (χ2n) is 3.78. The van der Waals surface area contributed by atoms with Crippen LogP contribution in [0.3, 0.4) is 0 Å². The first-order valence-electron chi connectivity index (χ1n) is 4.93. The number of hydrogen-bond donors (Lipinski definition) is 0. The van der Waals surface area contributed by atoms with Crippen LogP contribution in [0.25, 0.3) is 0 Å². The fourth-order valence-corrected chi connectivity index (χ4v) is 1.91. The fourth-order valence-electron chi connectivity index (χ4n) is 1.91. The predicted octanol–water partition coefficient (Wildman–Crippen LogP) is -1.69. The van der Waals surface area contributed by atoms with Gasteiger partial charge in [0, 0.05) is 0 Å². The molecule has 4 atom stereocenters. The Morgan fingerprint density at radius 1 is 0.810 bits per heavy atom.